The summed E-state index contributed by atoms with van der Waals surface area (Å²) in [6, 6.07) is 5.78. The van der Waals surface area contributed by atoms with Crippen molar-refractivity contribution in [3.8, 4) is 6.07 Å². The first-order valence-electron chi connectivity index (χ1n) is 7.57. The molecule has 3 heterocycles. The summed E-state index contributed by atoms with van der Waals surface area (Å²) >= 11 is 0. The van der Waals surface area contributed by atoms with Gasteiger partial charge in [0, 0.05) is 38.2 Å². The molecule has 0 spiro atoms. The van der Waals surface area contributed by atoms with Crippen molar-refractivity contribution in [2.75, 3.05) is 32.1 Å². The van der Waals surface area contributed by atoms with Crippen molar-refractivity contribution < 1.29 is 4.74 Å². The van der Waals surface area contributed by atoms with Crippen molar-refractivity contribution in [3.63, 3.8) is 0 Å². The van der Waals surface area contributed by atoms with Gasteiger partial charge in [-0.3, -0.25) is 4.90 Å². The zero-order chi connectivity index (χ0) is 16.2. The highest BCUT2D eigenvalue weighted by atomic mass is 16.5. The summed E-state index contributed by atoms with van der Waals surface area (Å²) in [4.78, 5) is 10.5. The van der Waals surface area contributed by atoms with Crippen molar-refractivity contribution in [2.45, 2.75) is 12.1 Å². The van der Waals surface area contributed by atoms with Gasteiger partial charge in [0.05, 0.1) is 30.8 Å². The molecule has 7 heteroatoms. The molecule has 23 heavy (non-hydrogen) atoms. The molecule has 0 aromatic carbocycles. The summed E-state index contributed by atoms with van der Waals surface area (Å²) in [5, 5.41) is 12.3. The fourth-order valence-electron chi connectivity index (χ4n) is 2.92. The van der Waals surface area contributed by atoms with Crippen LogP contribution in [-0.2, 0) is 11.8 Å². The number of rotatable bonds is 4. The summed E-state index contributed by atoms with van der Waals surface area (Å²) in [5.41, 5.74) is 2.41. The Bertz CT molecular complexity index is 707. The summed E-state index contributed by atoms with van der Waals surface area (Å²) in [6.45, 7) is 2.24. The standard InChI is InChI=1S/C16H20N6O/c1-21-5-6-23-15(16(21)14-9-18-11-22(14)2)10-20-12-3-4-19-13(7-12)8-17/h3-4,7,9,11,15-16H,5-6,10H2,1-2H3,(H,19,20)/t15-,16-/m0/s1. The summed E-state index contributed by atoms with van der Waals surface area (Å²) in [5.74, 6) is 0. The minimum atomic E-state index is 0.00264. The van der Waals surface area contributed by atoms with Gasteiger partial charge in [0.1, 0.15) is 11.8 Å². The average molecular weight is 312 g/mol. The molecule has 2 aromatic heterocycles. The molecule has 120 valence electrons. The number of hydrogen-bond acceptors (Lipinski definition) is 6. The van der Waals surface area contributed by atoms with Crippen LogP contribution in [0.2, 0.25) is 0 Å². The molecule has 0 unspecified atom stereocenters. The molecule has 0 radical (unpaired) electrons. The zero-order valence-electron chi connectivity index (χ0n) is 13.3. The van der Waals surface area contributed by atoms with Crippen LogP contribution in [0.5, 0.6) is 0 Å². The number of morpholine rings is 1. The summed E-state index contributed by atoms with van der Waals surface area (Å²) in [6.07, 6.45) is 5.34. The third-order valence-electron chi connectivity index (χ3n) is 4.14. The van der Waals surface area contributed by atoms with Crippen LogP contribution in [0.3, 0.4) is 0 Å². The first-order valence-corrected chi connectivity index (χ1v) is 7.57. The van der Waals surface area contributed by atoms with Gasteiger partial charge in [0.15, 0.2) is 0 Å². The lowest BCUT2D eigenvalue weighted by Crippen LogP contribution is -2.46. The Morgan fingerprint density at radius 1 is 1.48 bits per heavy atom. The lowest BCUT2D eigenvalue weighted by Gasteiger charge is -2.39. The molecule has 3 rings (SSSR count). The highest BCUT2D eigenvalue weighted by molar-refractivity contribution is 5.46. The second-order valence-corrected chi connectivity index (χ2v) is 5.69. The predicted octanol–water partition coefficient (Wildman–Crippen LogP) is 1.17. The maximum atomic E-state index is 8.93. The van der Waals surface area contributed by atoms with E-state index in [1.54, 1.807) is 12.3 Å². The number of nitrogens with one attached hydrogen (secondary N) is 1. The smallest absolute Gasteiger partial charge is 0.142 e. The van der Waals surface area contributed by atoms with Crippen LogP contribution in [0, 0.1) is 11.3 Å². The van der Waals surface area contributed by atoms with Crippen molar-refractivity contribution in [1.29, 1.82) is 5.26 Å². The van der Waals surface area contributed by atoms with E-state index < -0.39 is 0 Å². The van der Waals surface area contributed by atoms with Crippen LogP contribution in [0.15, 0.2) is 30.9 Å². The zero-order valence-corrected chi connectivity index (χ0v) is 13.3. The number of nitrogens with zero attached hydrogens (tertiary/aromatic N) is 5. The highest BCUT2D eigenvalue weighted by Gasteiger charge is 2.33. The minimum absolute atomic E-state index is 0.00264. The molecule has 1 saturated heterocycles. The van der Waals surface area contributed by atoms with E-state index in [-0.39, 0.29) is 12.1 Å². The predicted molar refractivity (Wildman–Crippen MR) is 85.8 cm³/mol. The van der Waals surface area contributed by atoms with Crippen LogP contribution in [0.1, 0.15) is 17.4 Å². The fraction of sp³-hybridized carbons (Fsp3) is 0.438. The van der Waals surface area contributed by atoms with Crippen molar-refractivity contribution >= 4 is 5.69 Å². The van der Waals surface area contributed by atoms with Gasteiger partial charge < -0.3 is 14.6 Å². The average Bonchev–Trinajstić information content (AvgIpc) is 2.99. The van der Waals surface area contributed by atoms with Crippen molar-refractivity contribution in [2.24, 2.45) is 7.05 Å². The van der Waals surface area contributed by atoms with E-state index in [2.05, 4.69) is 27.2 Å². The van der Waals surface area contributed by atoms with E-state index in [4.69, 9.17) is 10.00 Å². The molecule has 0 aliphatic carbocycles. The quantitative estimate of drug-likeness (QED) is 0.913. The summed E-state index contributed by atoms with van der Waals surface area (Å²) in [7, 11) is 4.10. The molecule has 0 bridgehead atoms. The molecule has 1 fully saturated rings. The van der Waals surface area contributed by atoms with Crippen molar-refractivity contribution in [1.82, 2.24) is 19.4 Å². The second-order valence-electron chi connectivity index (χ2n) is 5.69. The Morgan fingerprint density at radius 3 is 3.09 bits per heavy atom. The SMILES string of the molecule is CN1CCO[C@@H](CNc2ccnc(C#N)c2)[C@@H]1c1cncn1C. The minimum Gasteiger partial charge on any atom is -0.382 e. The van der Waals surface area contributed by atoms with E-state index in [9.17, 15) is 0 Å². The Kier molecular flexibility index (Phi) is 4.55. The maximum Gasteiger partial charge on any atom is 0.142 e. The van der Waals surface area contributed by atoms with Crippen LogP contribution >= 0.6 is 0 Å². The number of aromatic nitrogens is 3. The van der Waals surface area contributed by atoms with Gasteiger partial charge in [0.25, 0.3) is 0 Å². The lowest BCUT2D eigenvalue weighted by atomic mass is 10.0. The first-order chi connectivity index (χ1) is 11.2. The van der Waals surface area contributed by atoms with Gasteiger partial charge >= 0.3 is 0 Å². The molecule has 0 amide bonds. The molecular formula is C16H20N6O. The van der Waals surface area contributed by atoms with Gasteiger partial charge in [-0.15, -0.1) is 0 Å². The fourth-order valence-corrected chi connectivity index (χ4v) is 2.92. The van der Waals surface area contributed by atoms with E-state index in [0.717, 1.165) is 17.9 Å². The molecule has 2 atom stereocenters. The number of likely N-dealkylation sites (N-methyl/N-ethyl adjacent to an activating group) is 1. The Labute approximate surface area is 135 Å². The third-order valence-corrected chi connectivity index (χ3v) is 4.14. The van der Waals surface area contributed by atoms with E-state index in [1.165, 1.54) is 0 Å². The molecule has 1 aliphatic rings. The maximum absolute atomic E-state index is 8.93. The molecule has 1 N–H and O–H groups in total. The monoisotopic (exact) mass is 312 g/mol. The molecule has 1 aliphatic heterocycles. The molecule has 2 aromatic rings. The first kappa shape index (κ1) is 15.5. The second kappa shape index (κ2) is 6.77. The Hall–Kier alpha value is -2.43. The number of nitriles is 1. The van der Waals surface area contributed by atoms with Gasteiger partial charge in [-0.2, -0.15) is 5.26 Å². The van der Waals surface area contributed by atoms with Crippen LogP contribution in [-0.4, -0.2) is 52.3 Å². The number of hydrogen-bond donors (Lipinski definition) is 1. The largest absolute Gasteiger partial charge is 0.382 e. The van der Waals surface area contributed by atoms with Gasteiger partial charge in [-0.05, 0) is 19.2 Å². The Morgan fingerprint density at radius 2 is 2.35 bits per heavy atom. The Balaban J connectivity index is 1.74. The lowest BCUT2D eigenvalue weighted by molar-refractivity contribution is -0.0578. The molecular weight excluding hydrogens is 292 g/mol. The van der Waals surface area contributed by atoms with Crippen LogP contribution in [0.25, 0.3) is 0 Å². The topological polar surface area (TPSA) is 79.0 Å². The highest BCUT2D eigenvalue weighted by Crippen LogP contribution is 2.28. The number of ether oxygens (including phenoxy) is 1. The van der Waals surface area contributed by atoms with Crippen molar-refractivity contribution in [3.05, 3.63) is 42.2 Å². The normalized spacial score (nSPS) is 21.8. The summed E-state index contributed by atoms with van der Waals surface area (Å²) < 4.78 is 8.02. The number of aryl methyl sites for hydroxylation is 1. The van der Waals surface area contributed by atoms with Gasteiger partial charge in [0.2, 0.25) is 0 Å². The van der Waals surface area contributed by atoms with Gasteiger partial charge in [-0.25, -0.2) is 9.97 Å². The van der Waals surface area contributed by atoms with E-state index in [1.807, 2.05) is 36.3 Å². The van der Waals surface area contributed by atoms with E-state index in [0.29, 0.717) is 18.8 Å². The van der Waals surface area contributed by atoms with E-state index >= 15 is 0 Å². The third kappa shape index (κ3) is 3.33. The molecule has 0 saturated carbocycles. The number of imidazole rings is 1. The van der Waals surface area contributed by atoms with Gasteiger partial charge in [-0.1, -0.05) is 0 Å². The number of pyridine rings is 1. The van der Waals surface area contributed by atoms with Crippen LogP contribution in [0.4, 0.5) is 5.69 Å². The number of anilines is 1. The molecule has 7 nitrogen and oxygen atoms in total. The van der Waals surface area contributed by atoms with Crippen LogP contribution < -0.4 is 5.32 Å².